The van der Waals surface area contributed by atoms with E-state index in [0.29, 0.717) is 5.16 Å². The van der Waals surface area contributed by atoms with Gasteiger partial charge in [0.05, 0.1) is 12.5 Å². The van der Waals surface area contributed by atoms with Crippen molar-refractivity contribution in [3.63, 3.8) is 0 Å². The Morgan fingerprint density at radius 1 is 1.38 bits per heavy atom. The first-order chi connectivity index (χ1) is 11.4. The van der Waals surface area contributed by atoms with Crippen LogP contribution in [0.3, 0.4) is 0 Å². The number of hydrogen-bond acceptors (Lipinski definition) is 6. The standard InChI is InChI=1S/C17H22N2O3S2/c1-9-10(2)23-14-13(9)15(20)19(12-7-5-6-8-12)17(18-14)24-11(3)16(21)22-4/h11-12H,5-8H2,1-4H3/t11-/m1/s1. The summed E-state index contributed by atoms with van der Waals surface area (Å²) >= 11 is 2.86. The Labute approximate surface area is 149 Å². The van der Waals surface area contributed by atoms with Gasteiger partial charge < -0.3 is 4.74 Å². The molecule has 1 fully saturated rings. The summed E-state index contributed by atoms with van der Waals surface area (Å²) in [6.45, 7) is 5.79. The Balaban J connectivity index is 2.16. The summed E-state index contributed by atoms with van der Waals surface area (Å²) < 4.78 is 6.65. The highest BCUT2D eigenvalue weighted by Crippen LogP contribution is 2.35. The highest BCUT2D eigenvalue weighted by Gasteiger charge is 2.27. The van der Waals surface area contributed by atoms with E-state index >= 15 is 0 Å². The summed E-state index contributed by atoms with van der Waals surface area (Å²) in [6.07, 6.45) is 4.26. The molecule has 1 aliphatic carbocycles. The highest BCUT2D eigenvalue weighted by atomic mass is 32.2. The monoisotopic (exact) mass is 366 g/mol. The number of ether oxygens (including phenoxy) is 1. The maximum atomic E-state index is 13.2. The van der Waals surface area contributed by atoms with Gasteiger partial charge in [-0.15, -0.1) is 11.3 Å². The topological polar surface area (TPSA) is 61.2 Å². The van der Waals surface area contributed by atoms with Crippen molar-refractivity contribution >= 4 is 39.3 Å². The molecule has 1 saturated carbocycles. The largest absolute Gasteiger partial charge is 0.468 e. The number of methoxy groups -OCH3 is 1. The number of rotatable bonds is 4. The second-order valence-corrected chi connectivity index (χ2v) is 8.77. The number of aromatic nitrogens is 2. The molecule has 3 rings (SSSR count). The molecule has 0 saturated heterocycles. The van der Waals surface area contributed by atoms with Crippen molar-refractivity contribution in [1.82, 2.24) is 9.55 Å². The predicted molar refractivity (Wildman–Crippen MR) is 98.2 cm³/mol. The lowest BCUT2D eigenvalue weighted by molar-refractivity contribution is -0.139. The molecule has 0 bridgehead atoms. The fraction of sp³-hybridized carbons (Fsp3) is 0.588. The minimum Gasteiger partial charge on any atom is -0.468 e. The van der Waals surface area contributed by atoms with Gasteiger partial charge in [0.2, 0.25) is 0 Å². The van der Waals surface area contributed by atoms with E-state index in [1.54, 1.807) is 18.3 Å². The average Bonchev–Trinajstić information content (AvgIpc) is 3.16. The average molecular weight is 367 g/mol. The fourth-order valence-electron chi connectivity index (χ4n) is 3.23. The zero-order valence-electron chi connectivity index (χ0n) is 14.4. The van der Waals surface area contributed by atoms with E-state index in [9.17, 15) is 9.59 Å². The van der Waals surface area contributed by atoms with Gasteiger partial charge in [-0.3, -0.25) is 14.2 Å². The summed E-state index contributed by atoms with van der Waals surface area (Å²) in [5.41, 5.74) is 1.06. The minimum atomic E-state index is -0.394. The lowest BCUT2D eigenvalue weighted by atomic mass is 10.2. The number of aryl methyl sites for hydroxylation is 2. The van der Waals surface area contributed by atoms with Crippen LogP contribution in [0, 0.1) is 13.8 Å². The number of esters is 1. The van der Waals surface area contributed by atoms with Gasteiger partial charge in [0.15, 0.2) is 5.16 Å². The third-order valence-corrected chi connectivity index (χ3v) is 6.85. The van der Waals surface area contributed by atoms with Gasteiger partial charge in [-0.25, -0.2) is 4.98 Å². The van der Waals surface area contributed by atoms with Crippen LogP contribution in [0.25, 0.3) is 10.2 Å². The molecule has 7 heteroatoms. The normalized spacial score (nSPS) is 16.7. The van der Waals surface area contributed by atoms with E-state index in [0.717, 1.165) is 46.3 Å². The maximum Gasteiger partial charge on any atom is 0.318 e. The summed E-state index contributed by atoms with van der Waals surface area (Å²) in [5.74, 6) is -0.300. The number of thiophene rings is 1. The number of carbonyl (C=O) groups excluding carboxylic acids is 1. The Kier molecular flexibility index (Phi) is 5.01. The van der Waals surface area contributed by atoms with Crippen LogP contribution in [-0.2, 0) is 9.53 Å². The van der Waals surface area contributed by atoms with E-state index in [-0.39, 0.29) is 17.6 Å². The first-order valence-corrected chi connectivity index (χ1v) is 9.90. The number of carbonyl (C=O) groups is 1. The summed E-state index contributed by atoms with van der Waals surface area (Å²) in [5, 5.41) is 0.979. The molecule has 0 N–H and O–H groups in total. The number of nitrogens with zero attached hydrogens (tertiary/aromatic N) is 2. The van der Waals surface area contributed by atoms with Crippen molar-refractivity contribution in [3.05, 3.63) is 20.8 Å². The molecule has 2 aromatic rings. The van der Waals surface area contributed by atoms with Gasteiger partial charge >= 0.3 is 5.97 Å². The van der Waals surface area contributed by atoms with Crippen molar-refractivity contribution < 1.29 is 9.53 Å². The van der Waals surface area contributed by atoms with Crippen molar-refractivity contribution in [2.24, 2.45) is 0 Å². The Hall–Kier alpha value is -1.34. The van der Waals surface area contributed by atoms with Crippen LogP contribution in [0.4, 0.5) is 0 Å². The van der Waals surface area contributed by atoms with Gasteiger partial charge in [0.1, 0.15) is 10.1 Å². The molecule has 0 amide bonds. The van der Waals surface area contributed by atoms with Crippen LogP contribution in [0.1, 0.15) is 49.1 Å². The second-order valence-electron chi connectivity index (χ2n) is 6.25. The van der Waals surface area contributed by atoms with E-state index in [1.807, 2.05) is 18.4 Å². The highest BCUT2D eigenvalue weighted by molar-refractivity contribution is 8.00. The molecular formula is C17H22N2O3S2. The number of hydrogen-bond donors (Lipinski definition) is 0. The van der Waals surface area contributed by atoms with Gasteiger partial charge in [0, 0.05) is 10.9 Å². The molecule has 5 nitrogen and oxygen atoms in total. The molecular weight excluding hydrogens is 344 g/mol. The quantitative estimate of drug-likeness (QED) is 0.467. The van der Waals surface area contributed by atoms with E-state index in [2.05, 4.69) is 0 Å². The molecule has 0 radical (unpaired) electrons. The lowest BCUT2D eigenvalue weighted by Crippen LogP contribution is -2.27. The van der Waals surface area contributed by atoms with Crippen molar-refractivity contribution in [2.45, 2.75) is 62.9 Å². The second kappa shape index (κ2) is 6.88. The molecule has 0 aliphatic heterocycles. The molecule has 2 heterocycles. The minimum absolute atomic E-state index is 0.0355. The van der Waals surface area contributed by atoms with E-state index in [1.165, 1.54) is 18.9 Å². The van der Waals surface area contributed by atoms with Crippen molar-refractivity contribution in [1.29, 1.82) is 0 Å². The molecule has 130 valence electrons. The van der Waals surface area contributed by atoms with Crippen LogP contribution in [0.2, 0.25) is 0 Å². The van der Waals surface area contributed by atoms with Gasteiger partial charge in [-0.05, 0) is 39.2 Å². The van der Waals surface area contributed by atoms with Crippen LogP contribution in [0.15, 0.2) is 9.95 Å². The lowest BCUT2D eigenvalue weighted by Gasteiger charge is -2.19. The van der Waals surface area contributed by atoms with Crippen LogP contribution in [0.5, 0.6) is 0 Å². The third kappa shape index (κ3) is 2.99. The van der Waals surface area contributed by atoms with Crippen molar-refractivity contribution in [2.75, 3.05) is 7.11 Å². The smallest absolute Gasteiger partial charge is 0.318 e. The maximum absolute atomic E-state index is 13.2. The first kappa shape index (κ1) is 17.5. The summed E-state index contributed by atoms with van der Waals surface area (Å²) in [4.78, 5) is 31.6. The van der Waals surface area contributed by atoms with Crippen LogP contribution >= 0.6 is 23.1 Å². The van der Waals surface area contributed by atoms with Gasteiger partial charge in [-0.2, -0.15) is 0 Å². The molecule has 1 atom stereocenters. The van der Waals surface area contributed by atoms with Gasteiger partial charge in [-0.1, -0.05) is 24.6 Å². The van der Waals surface area contributed by atoms with Crippen LogP contribution < -0.4 is 5.56 Å². The molecule has 0 spiro atoms. The fourth-order valence-corrected chi connectivity index (χ4v) is 5.30. The van der Waals surface area contributed by atoms with E-state index in [4.69, 9.17) is 9.72 Å². The number of fused-ring (bicyclic) bond motifs is 1. The van der Waals surface area contributed by atoms with Gasteiger partial charge in [0.25, 0.3) is 5.56 Å². The molecule has 0 unspecified atom stereocenters. The van der Waals surface area contributed by atoms with Crippen molar-refractivity contribution in [3.8, 4) is 0 Å². The predicted octanol–water partition coefficient (Wildman–Crippen LogP) is 3.84. The zero-order chi connectivity index (χ0) is 17.4. The summed E-state index contributed by atoms with van der Waals surface area (Å²) in [6, 6.07) is 0.182. The molecule has 1 aliphatic rings. The molecule has 2 aromatic heterocycles. The Bertz CT molecular complexity index is 834. The Morgan fingerprint density at radius 2 is 2.04 bits per heavy atom. The summed E-state index contributed by atoms with van der Waals surface area (Å²) in [7, 11) is 1.38. The Morgan fingerprint density at radius 3 is 2.67 bits per heavy atom. The van der Waals surface area contributed by atoms with Crippen LogP contribution in [-0.4, -0.2) is 27.9 Å². The zero-order valence-corrected chi connectivity index (χ0v) is 16.1. The molecule has 0 aromatic carbocycles. The SMILES string of the molecule is COC(=O)[C@@H](C)Sc1nc2sc(C)c(C)c2c(=O)n1C1CCCC1. The molecule has 24 heavy (non-hydrogen) atoms. The number of thioether (sulfide) groups is 1. The van der Waals surface area contributed by atoms with E-state index < -0.39 is 5.25 Å². The third-order valence-electron chi connectivity index (χ3n) is 4.71. The first-order valence-electron chi connectivity index (χ1n) is 8.20.